The van der Waals surface area contributed by atoms with Crippen LogP contribution in [0.2, 0.25) is 0 Å². The molecule has 0 saturated heterocycles. The number of carbonyl (C=O) groups is 1. The molecule has 0 aliphatic rings. The summed E-state index contributed by atoms with van der Waals surface area (Å²) in [6.07, 6.45) is 1.88. The third-order valence-electron chi connectivity index (χ3n) is 2.61. The fourth-order valence-electron chi connectivity index (χ4n) is 1.76. The van der Waals surface area contributed by atoms with Crippen molar-refractivity contribution < 1.29 is 9.90 Å². The van der Waals surface area contributed by atoms with Crippen LogP contribution >= 0.6 is 0 Å². The molecule has 0 spiro atoms. The number of nitrogens with zero attached hydrogens (tertiary/aromatic N) is 1. The van der Waals surface area contributed by atoms with Gasteiger partial charge in [-0.05, 0) is 31.5 Å². The lowest BCUT2D eigenvalue weighted by molar-refractivity contribution is 0.0698. The van der Waals surface area contributed by atoms with Crippen LogP contribution in [0, 0.1) is 13.8 Å². The Bertz CT molecular complexity index is 511. The van der Waals surface area contributed by atoms with Gasteiger partial charge < -0.3 is 9.51 Å². The Morgan fingerprint density at radius 3 is 2.71 bits per heavy atom. The van der Waals surface area contributed by atoms with E-state index in [0.717, 1.165) is 16.8 Å². The molecular weight excluding hydrogens is 178 g/mol. The lowest BCUT2D eigenvalue weighted by atomic mass is 10.1. The van der Waals surface area contributed by atoms with Crippen LogP contribution in [0.3, 0.4) is 0 Å². The van der Waals surface area contributed by atoms with Crippen molar-refractivity contribution >= 4 is 11.5 Å². The van der Waals surface area contributed by atoms with E-state index < -0.39 is 5.97 Å². The minimum atomic E-state index is -0.862. The molecule has 0 bridgehead atoms. The molecule has 3 heteroatoms. The Hall–Kier alpha value is -1.77. The van der Waals surface area contributed by atoms with Gasteiger partial charge in [0.15, 0.2) is 0 Å². The van der Waals surface area contributed by atoms with Crippen molar-refractivity contribution in [1.82, 2.24) is 4.40 Å². The molecule has 1 N–H and O–H groups in total. The summed E-state index contributed by atoms with van der Waals surface area (Å²) in [6, 6.07) is 5.56. The first kappa shape index (κ1) is 8.81. The van der Waals surface area contributed by atoms with E-state index in [1.54, 1.807) is 0 Å². The van der Waals surface area contributed by atoms with Crippen molar-refractivity contribution in [3.8, 4) is 0 Å². The van der Waals surface area contributed by atoms with E-state index in [1.807, 2.05) is 42.6 Å². The first-order valence-electron chi connectivity index (χ1n) is 4.42. The SMILES string of the molecule is Cc1c(C(=O)O)c2ccccn2c1C. The number of carboxylic acid groups (broad SMARTS) is 1. The Morgan fingerprint density at radius 2 is 2.07 bits per heavy atom. The summed E-state index contributed by atoms with van der Waals surface area (Å²) < 4.78 is 1.90. The minimum Gasteiger partial charge on any atom is -0.478 e. The quantitative estimate of drug-likeness (QED) is 0.747. The standard InChI is InChI=1S/C11H11NO2/c1-7-8(2)12-6-4-3-5-9(12)10(7)11(13)14/h3-6H,1-2H3,(H,13,14). The lowest BCUT2D eigenvalue weighted by Crippen LogP contribution is -1.97. The molecule has 0 aliphatic heterocycles. The number of rotatable bonds is 1. The topological polar surface area (TPSA) is 41.7 Å². The molecular formula is C11H11NO2. The van der Waals surface area contributed by atoms with Gasteiger partial charge in [0.05, 0.1) is 11.1 Å². The Kier molecular flexibility index (Phi) is 1.81. The molecule has 2 aromatic heterocycles. The third-order valence-corrected chi connectivity index (χ3v) is 2.61. The molecule has 2 rings (SSSR count). The van der Waals surface area contributed by atoms with E-state index in [1.165, 1.54) is 0 Å². The maximum atomic E-state index is 11.0. The van der Waals surface area contributed by atoms with Crippen molar-refractivity contribution in [2.75, 3.05) is 0 Å². The van der Waals surface area contributed by atoms with Crippen molar-refractivity contribution in [2.24, 2.45) is 0 Å². The zero-order valence-electron chi connectivity index (χ0n) is 8.11. The zero-order chi connectivity index (χ0) is 10.3. The number of fused-ring (bicyclic) bond motifs is 1. The van der Waals surface area contributed by atoms with Crippen LogP contribution in [0.25, 0.3) is 5.52 Å². The molecule has 0 aliphatic carbocycles. The van der Waals surface area contributed by atoms with Crippen molar-refractivity contribution in [2.45, 2.75) is 13.8 Å². The smallest absolute Gasteiger partial charge is 0.338 e. The molecule has 3 nitrogen and oxygen atoms in total. The second kappa shape index (κ2) is 2.87. The average Bonchev–Trinajstić information content (AvgIpc) is 2.41. The first-order valence-corrected chi connectivity index (χ1v) is 4.42. The van der Waals surface area contributed by atoms with Crippen molar-refractivity contribution in [3.63, 3.8) is 0 Å². The molecule has 0 amide bonds. The molecule has 72 valence electrons. The highest BCUT2D eigenvalue weighted by molar-refractivity contribution is 5.98. The summed E-state index contributed by atoms with van der Waals surface area (Å²) in [7, 11) is 0. The summed E-state index contributed by atoms with van der Waals surface area (Å²) in [6.45, 7) is 3.76. The molecule has 0 aromatic carbocycles. The molecule has 2 aromatic rings. The lowest BCUT2D eigenvalue weighted by Gasteiger charge is -1.95. The van der Waals surface area contributed by atoms with E-state index in [9.17, 15) is 4.79 Å². The summed E-state index contributed by atoms with van der Waals surface area (Å²) in [5.41, 5.74) is 2.99. The van der Waals surface area contributed by atoms with Gasteiger partial charge in [0.2, 0.25) is 0 Å². The van der Waals surface area contributed by atoms with Crippen LogP contribution in [0.4, 0.5) is 0 Å². The Morgan fingerprint density at radius 1 is 1.36 bits per heavy atom. The van der Waals surface area contributed by atoms with Gasteiger partial charge in [0, 0.05) is 11.9 Å². The van der Waals surface area contributed by atoms with Crippen LogP contribution in [-0.4, -0.2) is 15.5 Å². The number of aryl methyl sites for hydroxylation is 1. The maximum absolute atomic E-state index is 11.0. The minimum absolute atomic E-state index is 0.406. The van der Waals surface area contributed by atoms with Crippen LogP contribution in [0.15, 0.2) is 24.4 Å². The van der Waals surface area contributed by atoms with Gasteiger partial charge in [-0.15, -0.1) is 0 Å². The van der Waals surface area contributed by atoms with Crippen LogP contribution in [0.1, 0.15) is 21.6 Å². The van der Waals surface area contributed by atoms with Gasteiger partial charge in [0.25, 0.3) is 0 Å². The normalized spacial score (nSPS) is 10.7. The largest absolute Gasteiger partial charge is 0.478 e. The molecule has 0 radical (unpaired) electrons. The van der Waals surface area contributed by atoms with Crippen molar-refractivity contribution in [3.05, 3.63) is 41.2 Å². The number of aromatic carboxylic acids is 1. The number of hydrogen-bond acceptors (Lipinski definition) is 1. The second-order valence-electron chi connectivity index (χ2n) is 3.35. The number of carboxylic acids is 1. The van der Waals surface area contributed by atoms with Gasteiger partial charge in [-0.2, -0.15) is 0 Å². The summed E-state index contributed by atoms with van der Waals surface area (Å²) in [4.78, 5) is 11.0. The predicted octanol–water partition coefficient (Wildman–Crippen LogP) is 2.25. The molecule has 0 saturated carbocycles. The highest BCUT2D eigenvalue weighted by Gasteiger charge is 2.16. The number of pyridine rings is 1. The molecule has 2 heterocycles. The zero-order valence-corrected chi connectivity index (χ0v) is 8.11. The summed E-state index contributed by atoms with van der Waals surface area (Å²) >= 11 is 0. The Balaban J connectivity index is 2.95. The highest BCUT2D eigenvalue weighted by atomic mass is 16.4. The van der Waals surface area contributed by atoms with E-state index in [4.69, 9.17) is 5.11 Å². The van der Waals surface area contributed by atoms with E-state index in [2.05, 4.69) is 0 Å². The molecule has 0 unspecified atom stereocenters. The first-order chi connectivity index (χ1) is 6.63. The van der Waals surface area contributed by atoms with Gasteiger partial charge in [-0.1, -0.05) is 6.07 Å². The van der Waals surface area contributed by atoms with Crippen LogP contribution in [-0.2, 0) is 0 Å². The number of aromatic nitrogens is 1. The van der Waals surface area contributed by atoms with E-state index in [0.29, 0.717) is 5.56 Å². The Labute approximate surface area is 81.6 Å². The van der Waals surface area contributed by atoms with Gasteiger partial charge in [-0.25, -0.2) is 4.79 Å². The van der Waals surface area contributed by atoms with Crippen LogP contribution < -0.4 is 0 Å². The predicted molar refractivity (Wildman–Crippen MR) is 53.8 cm³/mol. The van der Waals surface area contributed by atoms with E-state index in [-0.39, 0.29) is 0 Å². The van der Waals surface area contributed by atoms with E-state index >= 15 is 0 Å². The molecule has 0 atom stereocenters. The van der Waals surface area contributed by atoms with Crippen LogP contribution in [0.5, 0.6) is 0 Å². The number of hydrogen-bond donors (Lipinski definition) is 1. The van der Waals surface area contributed by atoms with Gasteiger partial charge >= 0.3 is 5.97 Å². The summed E-state index contributed by atoms with van der Waals surface area (Å²) in [5, 5.41) is 9.06. The fourth-order valence-corrected chi connectivity index (χ4v) is 1.76. The molecule has 0 fully saturated rings. The maximum Gasteiger partial charge on any atom is 0.338 e. The summed E-state index contributed by atoms with van der Waals surface area (Å²) in [5.74, 6) is -0.862. The fraction of sp³-hybridized carbons (Fsp3) is 0.182. The van der Waals surface area contributed by atoms with Crippen molar-refractivity contribution in [1.29, 1.82) is 0 Å². The van der Waals surface area contributed by atoms with Gasteiger partial charge in [-0.3, -0.25) is 0 Å². The highest BCUT2D eigenvalue weighted by Crippen LogP contribution is 2.21. The average molecular weight is 189 g/mol. The molecule has 14 heavy (non-hydrogen) atoms. The van der Waals surface area contributed by atoms with Gasteiger partial charge in [0.1, 0.15) is 0 Å². The second-order valence-corrected chi connectivity index (χ2v) is 3.35. The monoisotopic (exact) mass is 189 g/mol. The third kappa shape index (κ3) is 1.02.